The summed E-state index contributed by atoms with van der Waals surface area (Å²) in [5, 5.41) is 27.3. The summed E-state index contributed by atoms with van der Waals surface area (Å²) in [5.74, 6) is 0.450. The van der Waals surface area contributed by atoms with Gasteiger partial charge in [-0.15, -0.1) is 0 Å². The third kappa shape index (κ3) is 4.98. The van der Waals surface area contributed by atoms with Crippen molar-refractivity contribution in [3.05, 3.63) is 11.6 Å². The first-order valence-corrected chi connectivity index (χ1v) is 15.0. The number of rotatable bonds is 9. The Morgan fingerprint density at radius 2 is 1.89 bits per heavy atom. The van der Waals surface area contributed by atoms with Gasteiger partial charge in [0.25, 0.3) is 5.91 Å². The molecule has 206 valence electrons. The number of carboxylic acids is 1. The van der Waals surface area contributed by atoms with Crippen LogP contribution >= 0.6 is 11.8 Å². The Kier molecular flexibility index (Phi) is 8.15. The van der Waals surface area contributed by atoms with Crippen LogP contribution in [0.5, 0.6) is 0 Å². The van der Waals surface area contributed by atoms with Gasteiger partial charge in [-0.2, -0.15) is 11.8 Å². The van der Waals surface area contributed by atoms with E-state index in [4.69, 9.17) is 4.84 Å². The fraction of sp³-hybridized carbons (Fsp3) is 0.786. The maximum absolute atomic E-state index is 12.4. The molecule has 8 nitrogen and oxygen atoms in total. The number of carboxylic acid groups (broad SMARTS) is 1. The second-order valence-corrected chi connectivity index (χ2v) is 13.0. The van der Waals surface area contributed by atoms with Crippen molar-refractivity contribution in [2.45, 2.75) is 90.2 Å². The summed E-state index contributed by atoms with van der Waals surface area (Å²) in [6.45, 7) is 5.76. The highest BCUT2D eigenvalue weighted by Gasteiger charge is 2.65. The fourth-order valence-electron chi connectivity index (χ4n) is 8.14. The topological polar surface area (TPSA) is 125 Å². The molecule has 37 heavy (non-hydrogen) atoms. The van der Waals surface area contributed by atoms with E-state index >= 15 is 0 Å². The number of Topliss-reactive ketones (excluding diaryl/α,β-unsaturated/α-hetero) is 1. The van der Waals surface area contributed by atoms with E-state index in [1.807, 2.05) is 6.26 Å². The minimum Gasteiger partial charge on any atom is -0.480 e. The number of aliphatic carboxylic acids is 1. The van der Waals surface area contributed by atoms with E-state index in [1.54, 1.807) is 6.92 Å². The van der Waals surface area contributed by atoms with Gasteiger partial charge < -0.3 is 20.4 Å². The predicted octanol–water partition coefficient (Wildman–Crippen LogP) is 3.96. The van der Waals surface area contributed by atoms with Crippen LogP contribution in [-0.4, -0.2) is 63.8 Å². The lowest BCUT2D eigenvalue weighted by Crippen LogP contribution is -2.57. The van der Waals surface area contributed by atoms with Gasteiger partial charge in [0, 0.05) is 5.41 Å². The van der Waals surface area contributed by atoms with Gasteiger partial charge in [-0.25, -0.2) is 4.79 Å². The number of nitrogens with zero attached hydrogens (tertiary/aromatic N) is 1. The van der Waals surface area contributed by atoms with Crippen molar-refractivity contribution in [3.8, 4) is 0 Å². The molecule has 3 fully saturated rings. The van der Waals surface area contributed by atoms with Crippen LogP contribution in [0.4, 0.5) is 0 Å². The predicted molar refractivity (Wildman–Crippen MR) is 143 cm³/mol. The van der Waals surface area contributed by atoms with E-state index in [-0.39, 0.29) is 23.2 Å². The number of nitrogens with one attached hydrogen (secondary N) is 1. The second-order valence-electron chi connectivity index (χ2n) is 12.0. The van der Waals surface area contributed by atoms with E-state index < -0.39 is 23.5 Å². The molecule has 0 aliphatic heterocycles. The maximum atomic E-state index is 12.4. The molecule has 0 unspecified atom stereocenters. The highest BCUT2D eigenvalue weighted by molar-refractivity contribution is 7.98. The van der Waals surface area contributed by atoms with Crippen molar-refractivity contribution in [1.82, 2.24) is 5.32 Å². The van der Waals surface area contributed by atoms with Crippen LogP contribution in [0.15, 0.2) is 16.8 Å². The SMILES string of the molecule is CSCC[C@H](NC(=O)CON=C1C=C2CC[C@H]3[C@@H](CC[C@@]4(C)[C@@H]3CC[C@]4(O)C(C)=O)[C@@]2(C)CC1)C(=O)O. The average molecular weight is 535 g/mol. The number of hydrogen-bond acceptors (Lipinski definition) is 7. The molecule has 0 aromatic rings. The highest BCUT2D eigenvalue weighted by atomic mass is 32.2. The molecule has 4 aliphatic rings. The van der Waals surface area contributed by atoms with Gasteiger partial charge in [0.1, 0.15) is 11.6 Å². The van der Waals surface area contributed by atoms with Crippen LogP contribution in [0.25, 0.3) is 0 Å². The summed E-state index contributed by atoms with van der Waals surface area (Å²) >= 11 is 1.53. The molecule has 7 atom stereocenters. The average Bonchev–Trinajstić information content (AvgIpc) is 3.13. The van der Waals surface area contributed by atoms with Gasteiger partial charge >= 0.3 is 5.97 Å². The van der Waals surface area contributed by atoms with Crippen LogP contribution in [-0.2, 0) is 19.2 Å². The number of carbonyl (C=O) groups excluding carboxylic acids is 2. The smallest absolute Gasteiger partial charge is 0.326 e. The zero-order chi connectivity index (χ0) is 27.0. The van der Waals surface area contributed by atoms with Gasteiger partial charge in [-0.05, 0) is 106 Å². The molecule has 3 N–H and O–H groups in total. The van der Waals surface area contributed by atoms with Crippen LogP contribution < -0.4 is 5.32 Å². The maximum Gasteiger partial charge on any atom is 0.326 e. The molecule has 0 aromatic heterocycles. The Hall–Kier alpha value is -1.87. The van der Waals surface area contributed by atoms with E-state index in [0.717, 1.165) is 50.7 Å². The molecule has 1 amide bonds. The van der Waals surface area contributed by atoms with Crippen molar-refractivity contribution < 1.29 is 29.4 Å². The van der Waals surface area contributed by atoms with Crippen LogP contribution in [0.1, 0.15) is 78.6 Å². The zero-order valence-electron chi connectivity index (χ0n) is 22.5. The summed E-state index contributed by atoms with van der Waals surface area (Å²) in [6.07, 6.45) is 11.6. The van der Waals surface area contributed by atoms with Crippen molar-refractivity contribution in [2.24, 2.45) is 33.7 Å². The molecule has 3 saturated carbocycles. The molecule has 0 saturated heterocycles. The summed E-state index contributed by atoms with van der Waals surface area (Å²) in [5.41, 5.74) is 0.766. The Bertz CT molecular complexity index is 997. The number of allylic oxidation sites excluding steroid dienone is 2. The molecule has 4 rings (SSSR count). The standard InChI is InChI=1S/C28H42N2O6S/c1-17(31)28(35)13-9-22-20-6-5-18-15-19(7-11-26(18,2)21(20)8-12-27(22,28)3)30-36-16-24(32)29-23(25(33)34)10-14-37-4/h15,20-23,35H,5-14,16H2,1-4H3,(H,29,32)(H,33,34)/t20-,21+,22+,23-,26-,27-,28-/m0/s1. The first-order valence-electron chi connectivity index (χ1n) is 13.6. The van der Waals surface area contributed by atoms with Gasteiger partial charge in [0.05, 0.1) is 5.71 Å². The Labute approximate surface area is 224 Å². The lowest BCUT2D eigenvalue weighted by Gasteiger charge is -2.59. The van der Waals surface area contributed by atoms with E-state index in [9.17, 15) is 24.6 Å². The highest BCUT2D eigenvalue weighted by Crippen LogP contribution is 2.67. The number of hydrogen-bond donors (Lipinski definition) is 3. The second kappa shape index (κ2) is 10.7. The summed E-state index contributed by atoms with van der Waals surface area (Å²) < 4.78 is 0. The summed E-state index contributed by atoms with van der Waals surface area (Å²) in [6, 6.07) is -0.924. The Balaban J connectivity index is 1.39. The number of ketones is 1. The first kappa shape index (κ1) is 28.1. The van der Waals surface area contributed by atoms with Crippen LogP contribution in [0.2, 0.25) is 0 Å². The number of thioether (sulfide) groups is 1. The monoisotopic (exact) mass is 534 g/mol. The lowest BCUT2D eigenvalue weighted by atomic mass is 9.46. The molecular formula is C28H42N2O6S. The third-order valence-corrected chi connectivity index (χ3v) is 11.0. The van der Waals surface area contributed by atoms with Gasteiger partial charge in [0.15, 0.2) is 12.4 Å². The molecule has 4 aliphatic carbocycles. The number of amides is 1. The normalized spacial score (nSPS) is 38.6. The van der Waals surface area contributed by atoms with Crippen molar-refractivity contribution in [3.63, 3.8) is 0 Å². The first-order chi connectivity index (χ1) is 17.5. The Morgan fingerprint density at radius 1 is 1.16 bits per heavy atom. The largest absolute Gasteiger partial charge is 0.480 e. The minimum atomic E-state index is -1.19. The number of fused-ring (bicyclic) bond motifs is 5. The van der Waals surface area contributed by atoms with Crippen LogP contribution in [0, 0.1) is 28.6 Å². The number of oxime groups is 1. The van der Waals surface area contributed by atoms with Crippen molar-refractivity contribution >= 4 is 35.1 Å². The molecule has 9 heteroatoms. The van der Waals surface area contributed by atoms with E-state index in [1.165, 1.54) is 17.3 Å². The summed E-state index contributed by atoms with van der Waals surface area (Å²) in [7, 11) is 0. The minimum absolute atomic E-state index is 0.0730. The van der Waals surface area contributed by atoms with Gasteiger partial charge in [-0.3, -0.25) is 9.59 Å². The summed E-state index contributed by atoms with van der Waals surface area (Å²) in [4.78, 5) is 41.3. The van der Waals surface area contributed by atoms with Gasteiger partial charge in [0.2, 0.25) is 0 Å². The molecule has 0 heterocycles. The molecule has 0 bridgehead atoms. The number of carbonyl (C=O) groups is 3. The van der Waals surface area contributed by atoms with Crippen molar-refractivity contribution in [2.75, 3.05) is 18.6 Å². The van der Waals surface area contributed by atoms with Crippen molar-refractivity contribution in [1.29, 1.82) is 0 Å². The zero-order valence-corrected chi connectivity index (χ0v) is 23.4. The van der Waals surface area contributed by atoms with Gasteiger partial charge in [-0.1, -0.05) is 24.6 Å². The molecule has 0 spiro atoms. The van der Waals surface area contributed by atoms with Crippen LogP contribution in [0.3, 0.4) is 0 Å². The van der Waals surface area contributed by atoms with E-state index in [0.29, 0.717) is 36.3 Å². The fourth-order valence-corrected chi connectivity index (χ4v) is 8.61. The quantitative estimate of drug-likeness (QED) is 0.382. The number of aliphatic hydroxyl groups is 1. The lowest BCUT2D eigenvalue weighted by molar-refractivity contribution is -0.159. The Morgan fingerprint density at radius 3 is 2.57 bits per heavy atom. The molecule has 0 aromatic carbocycles. The van der Waals surface area contributed by atoms with E-state index in [2.05, 4.69) is 30.4 Å². The third-order valence-electron chi connectivity index (χ3n) is 10.3. The molecule has 0 radical (unpaired) electrons. The molecular weight excluding hydrogens is 492 g/mol.